The van der Waals surface area contributed by atoms with Gasteiger partial charge in [-0.15, -0.1) is 0 Å². The van der Waals surface area contributed by atoms with E-state index in [0.717, 1.165) is 30.6 Å². The van der Waals surface area contributed by atoms with E-state index in [0.29, 0.717) is 31.7 Å². The Hall–Kier alpha value is -1.42. The Morgan fingerprint density at radius 2 is 1.80 bits per heavy atom. The van der Waals surface area contributed by atoms with E-state index in [1.165, 1.54) is 0 Å². The van der Waals surface area contributed by atoms with Crippen LogP contribution in [0.3, 0.4) is 0 Å². The van der Waals surface area contributed by atoms with Gasteiger partial charge in [0.1, 0.15) is 12.2 Å². The summed E-state index contributed by atoms with van der Waals surface area (Å²) in [6.07, 6.45) is -0.496. The molecule has 2 aliphatic carbocycles. The molecule has 200 valence electrons. The van der Waals surface area contributed by atoms with Crippen LogP contribution in [0, 0.1) is 17.8 Å². The second kappa shape index (κ2) is 10.5. The molecule has 0 radical (unpaired) electrons. The Bertz CT molecular complexity index is 761. The highest BCUT2D eigenvalue weighted by molar-refractivity contribution is 5.82. The molecule has 4 rings (SSSR count). The predicted octanol–water partition coefficient (Wildman–Crippen LogP) is 3.26. The van der Waals surface area contributed by atoms with Gasteiger partial charge < -0.3 is 15.5 Å². The number of alkyl halides is 4. The van der Waals surface area contributed by atoms with Crippen molar-refractivity contribution in [2.24, 2.45) is 17.8 Å². The molecule has 0 aromatic carbocycles. The molecule has 6 nitrogen and oxygen atoms in total. The first-order valence-corrected chi connectivity index (χ1v) is 13.3. The van der Waals surface area contributed by atoms with Crippen LogP contribution >= 0.6 is 0 Å². The lowest BCUT2D eigenvalue weighted by Gasteiger charge is -2.47. The van der Waals surface area contributed by atoms with E-state index in [-0.39, 0.29) is 43.0 Å². The minimum Gasteiger partial charge on any atom is -0.352 e. The summed E-state index contributed by atoms with van der Waals surface area (Å²) in [6, 6.07) is -2.36. The summed E-state index contributed by atoms with van der Waals surface area (Å²) in [5.74, 6) is -0.853. The molecule has 2 N–H and O–H groups in total. The van der Waals surface area contributed by atoms with E-state index >= 15 is 0 Å². The van der Waals surface area contributed by atoms with E-state index in [9.17, 15) is 27.2 Å². The van der Waals surface area contributed by atoms with Crippen molar-refractivity contribution in [2.75, 3.05) is 19.6 Å². The van der Waals surface area contributed by atoms with E-state index in [1.54, 1.807) is 13.8 Å². The van der Waals surface area contributed by atoms with Crippen LogP contribution in [0.4, 0.5) is 17.6 Å². The fourth-order valence-corrected chi connectivity index (χ4v) is 6.74. The summed E-state index contributed by atoms with van der Waals surface area (Å²) < 4.78 is 56.0. The van der Waals surface area contributed by atoms with Crippen molar-refractivity contribution in [1.82, 2.24) is 20.4 Å². The van der Waals surface area contributed by atoms with Gasteiger partial charge in [-0.05, 0) is 50.9 Å². The van der Waals surface area contributed by atoms with Crippen molar-refractivity contribution >= 4 is 11.8 Å². The minimum absolute atomic E-state index is 0.0257. The van der Waals surface area contributed by atoms with Crippen molar-refractivity contribution in [3.63, 3.8) is 0 Å². The summed E-state index contributed by atoms with van der Waals surface area (Å²) in [6.45, 7) is 5.59. The molecule has 2 saturated carbocycles. The van der Waals surface area contributed by atoms with Crippen LogP contribution in [0.15, 0.2) is 0 Å². The molecule has 10 heteroatoms. The average Bonchev–Trinajstić information content (AvgIpc) is 3.27. The zero-order valence-electron chi connectivity index (χ0n) is 21.0. The zero-order valence-corrected chi connectivity index (χ0v) is 21.0. The quantitative estimate of drug-likeness (QED) is 0.577. The van der Waals surface area contributed by atoms with Crippen molar-refractivity contribution in [3.8, 4) is 0 Å². The Kier molecular flexibility index (Phi) is 8.01. The second-order valence-corrected chi connectivity index (χ2v) is 11.5. The molecule has 2 amide bonds. The van der Waals surface area contributed by atoms with E-state index in [1.807, 2.05) is 4.90 Å². The van der Waals surface area contributed by atoms with Gasteiger partial charge in [-0.1, -0.05) is 20.8 Å². The summed E-state index contributed by atoms with van der Waals surface area (Å²) in [4.78, 5) is 28.3. The molecular formula is C25H40F4N4O2. The normalized spacial score (nSPS) is 38.9. The summed E-state index contributed by atoms with van der Waals surface area (Å²) in [5, 5.41) is 6.47. The van der Waals surface area contributed by atoms with E-state index in [2.05, 4.69) is 17.6 Å². The van der Waals surface area contributed by atoms with Crippen molar-refractivity contribution < 1.29 is 27.2 Å². The number of rotatable bonds is 4. The third-order valence-electron chi connectivity index (χ3n) is 8.73. The van der Waals surface area contributed by atoms with Crippen LogP contribution in [0.2, 0.25) is 0 Å². The molecule has 5 unspecified atom stereocenters. The fourth-order valence-electron chi connectivity index (χ4n) is 6.74. The van der Waals surface area contributed by atoms with E-state index < -0.39 is 36.3 Å². The van der Waals surface area contributed by atoms with Gasteiger partial charge in [-0.3, -0.25) is 14.5 Å². The van der Waals surface area contributed by atoms with Gasteiger partial charge in [0.05, 0.1) is 6.04 Å². The number of carbonyl (C=O) groups excluding carboxylic acids is 2. The molecule has 0 bridgehead atoms. The highest BCUT2D eigenvalue weighted by Crippen LogP contribution is 2.39. The topological polar surface area (TPSA) is 64.7 Å². The number of nitrogens with zero attached hydrogens (tertiary/aromatic N) is 2. The molecule has 0 aromatic rings. The first kappa shape index (κ1) is 26.6. The molecule has 2 aliphatic heterocycles. The van der Waals surface area contributed by atoms with Gasteiger partial charge in [-0.25, -0.2) is 4.39 Å². The van der Waals surface area contributed by atoms with Gasteiger partial charge in [-0.2, -0.15) is 13.2 Å². The number of carbonyl (C=O) groups is 2. The van der Waals surface area contributed by atoms with Gasteiger partial charge >= 0.3 is 6.18 Å². The lowest BCUT2D eigenvalue weighted by molar-refractivity contribution is -0.204. The third kappa shape index (κ3) is 5.78. The maximum absolute atomic E-state index is 14.4. The Labute approximate surface area is 205 Å². The van der Waals surface area contributed by atoms with Crippen LogP contribution in [0.5, 0.6) is 0 Å². The number of halogens is 4. The molecule has 4 fully saturated rings. The molecule has 4 aliphatic rings. The van der Waals surface area contributed by atoms with Gasteiger partial charge in [0.25, 0.3) is 0 Å². The molecule has 0 aromatic heterocycles. The monoisotopic (exact) mass is 504 g/mol. The highest BCUT2D eigenvalue weighted by atomic mass is 19.4. The van der Waals surface area contributed by atoms with Crippen LogP contribution < -0.4 is 10.6 Å². The maximum atomic E-state index is 14.4. The molecule has 0 spiro atoms. The first-order valence-electron chi connectivity index (χ1n) is 13.3. The molecule has 2 saturated heterocycles. The van der Waals surface area contributed by atoms with Crippen LogP contribution in [0.25, 0.3) is 0 Å². The maximum Gasteiger partial charge on any atom is 0.410 e. The number of piperazine rings is 1. The van der Waals surface area contributed by atoms with Crippen LogP contribution in [-0.2, 0) is 9.59 Å². The predicted molar refractivity (Wildman–Crippen MR) is 124 cm³/mol. The number of amides is 2. The minimum atomic E-state index is -4.48. The lowest BCUT2D eigenvalue weighted by atomic mass is 9.77. The number of nitrogens with one attached hydrogen (secondary N) is 2. The Balaban J connectivity index is 1.34. The Morgan fingerprint density at radius 1 is 1.06 bits per heavy atom. The van der Waals surface area contributed by atoms with E-state index in [4.69, 9.17) is 0 Å². The second-order valence-electron chi connectivity index (χ2n) is 11.5. The first-order chi connectivity index (χ1) is 16.5. The number of fused-ring (bicyclic) bond motifs is 1. The standard InChI is InChI=1S/C25H40F4N4O2/c1-14(2)24(35)33-10-9-32(13-21(33)25(27,28)29)17-6-4-5-16(11-17)30-23(34)20-12-18-19(26)8-7-15(3)22(18)31-20/h14-22,31H,4-13H2,1-3H3,(H,30,34)/t15?,16-,17-,18?,19?,20?,21+,22?/m1/s1. The van der Waals surface area contributed by atoms with Crippen molar-refractivity contribution in [2.45, 2.75) is 108 Å². The molecule has 8 atom stereocenters. The molecule has 35 heavy (non-hydrogen) atoms. The van der Waals surface area contributed by atoms with Gasteiger partial charge in [0, 0.05) is 49.6 Å². The van der Waals surface area contributed by atoms with Gasteiger partial charge in [0.15, 0.2) is 0 Å². The zero-order chi connectivity index (χ0) is 25.5. The lowest BCUT2D eigenvalue weighted by Crippen LogP contribution is -2.63. The third-order valence-corrected chi connectivity index (χ3v) is 8.73. The number of hydrogen-bond acceptors (Lipinski definition) is 4. The summed E-state index contributed by atoms with van der Waals surface area (Å²) in [5.41, 5.74) is 0. The summed E-state index contributed by atoms with van der Waals surface area (Å²) in [7, 11) is 0. The average molecular weight is 505 g/mol. The van der Waals surface area contributed by atoms with Gasteiger partial charge in [0.2, 0.25) is 11.8 Å². The van der Waals surface area contributed by atoms with Crippen molar-refractivity contribution in [3.05, 3.63) is 0 Å². The summed E-state index contributed by atoms with van der Waals surface area (Å²) >= 11 is 0. The molecule has 2 heterocycles. The van der Waals surface area contributed by atoms with Crippen molar-refractivity contribution in [1.29, 1.82) is 0 Å². The van der Waals surface area contributed by atoms with Crippen LogP contribution in [0.1, 0.15) is 65.7 Å². The Morgan fingerprint density at radius 3 is 2.46 bits per heavy atom. The van der Waals surface area contributed by atoms with Crippen LogP contribution in [-0.4, -0.2) is 83.8 Å². The smallest absolute Gasteiger partial charge is 0.352 e. The largest absolute Gasteiger partial charge is 0.410 e. The molecular weight excluding hydrogens is 464 g/mol. The highest BCUT2D eigenvalue weighted by Gasteiger charge is 2.50. The fraction of sp³-hybridized carbons (Fsp3) is 0.920. The number of hydrogen-bond donors (Lipinski definition) is 2. The SMILES string of the molecule is CC(C)C(=O)N1CCN([C@@H]2CCC[C@@H](NC(=O)C3CC4C(F)CCC(C)C4N3)C2)C[C@H]1C(F)(F)F.